The Balaban J connectivity index is 2.50. The summed E-state index contributed by atoms with van der Waals surface area (Å²) in [5.41, 5.74) is 0.904. The maximum Gasteiger partial charge on any atom is 0.280 e. The van der Waals surface area contributed by atoms with Crippen molar-refractivity contribution in [2.75, 3.05) is 0 Å². The number of rotatable bonds is 1. The number of hydrogen-bond donors (Lipinski definition) is 0. The molecule has 88 valence electrons. The van der Waals surface area contributed by atoms with E-state index in [0.717, 1.165) is 16.2 Å². The molecule has 3 nitrogen and oxygen atoms in total. The van der Waals surface area contributed by atoms with Crippen molar-refractivity contribution in [3.05, 3.63) is 64.2 Å². The average molecular weight is 237 g/mol. The summed E-state index contributed by atoms with van der Waals surface area (Å²) in [4.78, 5) is 10.9. The molecule has 0 saturated heterocycles. The lowest BCUT2D eigenvalue weighted by atomic mass is 10.0. The molecule has 0 atom stereocenters. The zero-order valence-corrected chi connectivity index (χ0v) is 9.88. The van der Waals surface area contributed by atoms with E-state index in [1.807, 2.05) is 42.5 Å². The Morgan fingerprint density at radius 2 is 1.61 bits per heavy atom. The molecular weight excluding hydrogens is 226 g/mol. The van der Waals surface area contributed by atoms with E-state index < -0.39 is 0 Å². The van der Waals surface area contributed by atoms with Crippen LogP contribution in [0, 0.1) is 17.0 Å². The second kappa shape index (κ2) is 3.81. The van der Waals surface area contributed by atoms with Crippen LogP contribution in [0.2, 0.25) is 0 Å². The average Bonchev–Trinajstić information content (AvgIpc) is 2.36. The third kappa shape index (κ3) is 1.52. The van der Waals surface area contributed by atoms with Crippen LogP contribution >= 0.6 is 0 Å². The van der Waals surface area contributed by atoms with Gasteiger partial charge in [-0.15, -0.1) is 0 Å². The molecule has 0 bridgehead atoms. The van der Waals surface area contributed by atoms with Crippen LogP contribution in [0.1, 0.15) is 5.56 Å². The van der Waals surface area contributed by atoms with Crippen LogP contribution < -0.4 is 0 Å². The third-order valence-electron chi connectivity index (χ3n) is 3.24. The van der Waals surface area contributed by atoms with Gasteiger partial charge in [0.15, 0.2) is 0 Å². The number of nitro groups is 1. The van der Waals surface area contributed by atoms with Gasteiger partial charge in [-0.2, -0.15) is 0 Å². The van der Waals surface area contributed by atoms with E-state index >= 15 is 0 Å². The van der Waals surface area contributed by atoms with Gasteiger partial charge in [-0.1, -0.05) is 36.4 Å². The third-order valence-corrected chi connectivity index (χ3v) is 3.24. The molecular formula is C15H11NO2. The normalized spacial score (nSPS) is 10.9. The fourth-order valence-electron chi connectivity index (χ4n) is 2.35. The lowest BCUT2D eigenvalue weighted by Gasteiger charge is -2.05. The van der Waals surface area contributed by atoms with E-state index in [-0.39, 0.29) is 10.6 Å². The van der Waals surface area contributed by atoms with Gasteiger partial charge in [0.1, 0.15) is 0 Å². The smallest absolute Gasteiger partial charge is 0.258 e. The lowest BCUT2D eigenvalue weighted by Crippen LogP contribution is -1.93. The van der Waals surface area contributed by atoms with Gasteiger partial charge in [-0.25, -0.2) is 0 Å². The van der Waals surface area contributed by atoms with Crippen LogP contribution in [0.3, 0.4) is 0 Å². The first-order valence-corrected chi connectivity index (χ1v) is 5.73. The Morgan fingerprint density at radius 3 is 2.28 bits per heavy atom. The van der Waals surface area contributed by atoms with Crippen molar-refractivity contribution < 1.29 is 4.92 Å². The number of aryl methyl sites for hydroxylation is 1. The summed E-state index contributed by atoms with van der Waals surface area (Å²) < 4.78 is 0. The molecule has 18 heavy (non-hydrogen) atoms. The van der Waals surface area contributed by atoms with Crippen molar-refractivity contribution in [3.8, 4) is 0 Å². The van der Waals surface area contributed by atoms with Gasteiger partial charge in [0.2, 0.25) is 0 Å². The van der Waals surface area contributed by atoms with Crippen molar-refractivity contribution >= 4 is 27.2 Å². The van der Waals surface area contributed by atoms with Crippen LogP contribution in [0.5, 0.6) is 0 Å². The van der Waals surface area contributed by atoms with Crippen molar-refractivity contribution in [3.63, 3.8) is 0 Å². The summed E-state index contributed by atoms with van der Waals surface area (Å²) in [6, 6.07) is 15.5. The van der Waals surface area contributed by atoms with Crippen LogP contribution in [-0.4, -0.2) is 4.92 Å². The topological polar surface area (TPSA) is 43.1 Å². The monoisotopic (exact) mass is 237 g/mol. The molecule has 0 saturated carbocycles. The zero-order valence-electron chi connectivity index (χ0n) is 9.88. The highest BCUT2D eigenvalue weighted by Gasteiger charge is 2.15. The number of fused-ring (bicyclic) bond motifs is 2. The Hall–Kier alpha value is -2.42. The van der Waals surface area contributed by atoms with E-state index in [1.54, 1.807) is 13.0 Å². The standard InChI is InChI=1S/C15H11NO2/c1-10-6-7-13-8-11-4-2-3-5-12(11)9-14(13)15(10)16(17)18/h2-9H,1H3. The first-order valence-electron chi connectivity index (χ1n) is 5.73. The summed E-state index contributed by atoms with van der Waals surface area (Å²) in [6.07, 6.45) is 0. The summed E-state index contributed by atoms with van der Waals surface area (Å²) >= 11 is 0. The molecule has 3 heteroatoms. The van der Waals surface area contributed by atoms with Gasteiger partial charge in [0, 0.05) is 5.56 Å². The SMILES string of the molecule is Cc1ccc2cc3ccccc3cc2c1[N+](=O)[O-]. The van der Waals surface area contributed by atoms with E-state index in [4.69, 9.17) is 0 Å². The minimum Gasteiger partial charge on any atom is -0.258 e. The molecule has 0 heterocycles. The van der Waals surface area contributed by atoms with Crippen molar-refractivity contribution in [1.82, 2.24) is 0 Å². The molecule has 0 amide bonds. The Kier molecular flexibility index (Phi) is 2.27. The summed E-state index contributed by atoms with van der Waals surface area (Å²) in [7, 11) is 0. The first-order chi connectivity index (χ1) is 8.66. The fraction of sp³-hybridized carbons (Fsp3) is 0.0667. The summed E-state index contributed by atoms with van der Waals surface area (Å²) in [5, 5.41) is 14.9. The van der Waals surface area contributed by atoms with E-state index in [0.29, 0.717) is 10.9 Å². The Labute approximate surface area is 104 Å². The fourth-order valence-corrected chi connectivity index (χ4v) is 2.35. The number of hydrogen-bond acceptors (Lipinski definition) is 2. The molecule has 0 fully saturated rings. The molecule has 3 aromatic carbocycles. The second-order valence-corrected chi connectivity index (χ2v) is 4.41. The van der Waals surface area contributed by atoms with Gasteiger partial charge in [-0.05, 0) is 35.2 Å². The van der Waals surface area contributed by atoms with E-state index in [9.17, 15) is 10.1 Å². The van der Waals surface area contributed by atoms with E-state index in [1.165, 1.54) is 0 Å². The lowest BCUT2D eigenvalue weighted by molar-refractivity contribution is -0.383. The molecule has 3 rings (SSSR count). The summed E-state index contributed by atoms with van der Waals surface area (Å²) in [5.74, 6) is 0. The van der Waals surface area contributed by atoms with Crippen molar-refractivity contribution in [2.45, 2.75) is 6.92 Å². The molecule has 0 aliphatic carbocycles. The molecule has 0 spiro atoms. The zero-order chi connectivity index (χ0) is 12.7. The molecule has 0 unspecified atom stereocenters. The van der Waals surface area contributed by atoms with Gasteiger partial charge in [0.25, 0.3) is 5.69 Å². The molecule has 3 aromatic rings. The molecule has 0 N–H and O–H groups in total. The minimum atomic E-state index is -0.299. The van der Waals surface area contributed by atoms with Gasteiger partial charge < -0.3 is 0 Å². The molecule has 0 aliphatic heterocycles. The van der Waals surface area contributed by atoms with Gasteiger partial charge >= 0.3 is 0 Å². The maximum absolute atomic E-state index is 11.2. The Morgan fingerprint density at radius 1 is 0.944 bits per heavy atom. The quantitative estimate of drug-likeness (QED) is 0.361. The van der Waals surface area contributed by atoms with Crippen LogP contribution in [-0.2, 0) is 0 Å². The predicted molar refractivity (Wildman–Crippen MR) is 72.8 cm³/mol. The Bertz CT molecular complexity index is 778. The van der Waals surface area contributed by atoms with Gasteiger partial charge in [-0.3, -0.25) is 10.1 Å². The minimum absolute atomic E-state index is 0.207. The number of benzene rings is 3. The highest BCUT2D eigenvalue weighted by atomic mass is 16.6. The molecule has 0 aliphatic rings. The second-order valence-electron chi connectivity index (χ2n) is 4.41. The van der Waals surface area contributed by atoms with Crippen molar-refractivity contribution in [1.29, 1.82) is 0 Å². The predicted octanol–water partition coefficient (Wildman–Crippen LogP) is 4.21. The van der Waals surface area contributed by atoms with E-state index in [2.05, 4.69) is 0 Å². The van der Waals surface area contributed by atoms with Crippen LogP contribution in [0.25, 0.3) is 21.5 Å². The largest absolute Gasteiger partial charge is 0.280 e. The van der Waals surface area contributed by atoms with Crippen LogP contribution in [0.15, 0.2) is 48.5 Å². The first kappa shape index (κ1) is 10.7. The van der Waals surface area contributed by atoms with Crippen LogP contribution in [0.4, 0.5) is 5.69 Å². The number of nitro benzene ring substituents is 1. The van der Waals surface area contributed by atoms with Gasteiger partial charge in [0.05, 0.1) is 10.3 Å². The highest BCUT2D eigenvalue weighted by Crippen LogP contribution is 2.32. The van der Waals surface area contributed by atoms with Crippen molar-refractivity contribution in [2.24, 2.45) is 0 Å². The maximum atomic E-state index is 11.2. The molecule has 0 radical (unpaired) electrons. The number of nitrogens with zero attached hydrogens (tertiary/aromatic N) is 1. The highest BCUT2D eigenvalue weighted by molar-refractivity contribution is 6.02. The summed E-state index contributed by atoms with van der Waals surface area (Å²) in [6.45, 7) is 1.77. The molecule has 0 aromatic heterocycles.